The van der Waals surface area contributed by atoms with Crippen LogP contribution in [0.15, 0.2) is 18.2 Å². The minimum Gasteiger partial charge on any atom is -0.496 e. The highest BCUT2D eigenvalue weighted by atomic mass is 16.5. The molecule has 2 rings (SSSR count). The van der Waals surface area contributed by atoms with Gasteiger partial charge in [0.05, 0.1) is 7.11 Å². The van der Waals surface area contributed by atoms with E-state index in [1.54, 1.807) is 7.11 Å². The lowest BCUT2D eigenvalue weighted by Gasteiger charge is -2.30. The largest absolute Gasteiger partial charge is 0.496 e. The Morgan fingerprint density at radius 1 is 1.41 bits per heavy atom. The van der Waals surface area contributed by atoms with Gasteiger partial charge < -0.3 is 15.2 Å². The molecule has 0 bridgehead atoms. The molecule has 1 aromatic rings. The highest BCUT2D eigenvalue weighted by Gasteiger charge is 2.23. The third kappa shape index (κ3) is 2.79. The Hall–Kier alpha value is -1.06. The van der Waals surface area contributed by atoms with E-state index < -0.39 is 0 Å². The number of nitrogens with one attached hydrogen (secondary N) is 1. The summed E-state index contributed by atoms with van der Waals surface area (Å²) in [6.07, 6.45) is 2.14. The fourth-order valence-corrected chi connectivity index (χ4v) is 2.46. The predicted octanol–water partition coefficient (Wildman–Crippen LogP) is 2.04. The van der Waals surface area contributed by atoms with E-state index in [0.29, 0.717) is 12.0 Å². The van der Waals surface area contributed by atoms with Gasteiger partial charge in [-0.15, -0.1) is 0 Å². The molecule has 17 heavy (non-hydrogen) atoms. The third-order valence-electron chi connectivity index (χ3n) is 3.54. The van der Waals surface area contributed by atoms with Gasteiger partial charge in [0.1, 0.15) is 5.75 Å². The van der Waals surface area contributed by atoms with Crippen LogP contribution in [-0.4, -0.2) is 25.4 Å². The zero-order valence-electron chi connectivity index (χ0n) is 10.6. The number of benzene rings is 1. The van der Waals surface area contributed by atoms with Crippen LogP contribution in [0.5, 0.6) is 5.75 Å². The number of aliphatic hydroxyl groups is 1. The Balaban J connectivity index is 2.14. The summed E-state index contributed by atoms with van der Waals surface area (Å²) in [4.78, 5) is 0. The molecule has 0 saturated carbocycles. The molecule has 0 aromatic heterocycles. The maximum Gasteiger partial charge on any atom is 0.123 e. The minimum absolute atomic E-state index is 0.282. The molecule has 0 amide bonds. The van der Waals surface area contributed by atoms with Gasteiger partial charge >= 0.3 is 0 Å². The summed E-state index contributed by atoms with van der Waals surface area (Å²) in [6.45, 7) is 3.27. The monoisotopic (exact) mass is 235 g/mol. The molecule has 2 unspecified atom stereocenters. The zero-order chi connectivity index (χ0) is 12.3. The summed E-state index contributed by atoms with van der Waals surface area (Å²) in [5.74, 6) is 1.36. The van der Waals surface area contributed by atoms with Gasteiger partial charge in [0.25, 0.3) is 0 Å². The first-order valence-corrected chi connectivity index (χ1v) is 6.23. The van der Waals surface area contributed by atoms with Crippen molar-refractivity contribution in [3.8, 4) is 5.75 Å². The normalized spacial score (nSPS) is 24.6. The highest BCUT2D eigenvalue weighted by Crippen LogP contribution is 2.32. The van der Waals surface area contributed by atoms with E-state index in [-0.39, 0.29) is 6.61 Å². The Morgan fingerprint density at radius 2 is 2.24 bits per heavy atom. The van der Waals surface area contributed by atoms with Crippen LogP contribution in [0.25, 0.3) is 0 Å². The molecule has 1 aromatic carbocycles. The first-order chi connectivity index (χ1) is 8.24. The molecule has 0 radical (unpaired) electrons. The molecular weight excluding hydrogens is 214 g/mol. The smallest absolute Gasteiger partial charge is 0.123 e. The van der Waals surface area contributed by atoms with Gasteiger partial charge in [0.2, 0.25) is 0 Å². The molecule has 1 aliphatic rings. The number of hydrogen-bond donors (Lipinski definition) is 2. The van der Waals surface area contributed by atoms with Crippen molar-refractivity contribution in [2.24, 2.45) is 5.92 Å². The van der Waals surface area contributed by atoms with Gasteiger partial charge in [-0.05, 0) is 31.7 Å². The van der Waals surface area contributed by atoms with Crippen molar-refractivity contribution >= 4 is 0 Å². The summed E-state index contributed by atoms with van der Waals surface area (Å²) in [6, 6.07) is 6.65. The van der Waals surface area contributed by atoms with Crippen molar-refractivity contribution in [1.82, 2.24) is 5.32 Å². The van der Waals surface area contributed by atoms with Crippen LogP contribution in [-0.2, 0) is 0 Å². The lowest BCUT2D eigenvalue weighted by Crippen LogP contribution is -2.34. The Bertz CT molecular complexity index is 370. The number of methoxy groups -OCH3 is 1. The Morgan fingerprint density at radius 3 is 2.82 bits per heavy atom. The molecule has 3 heteroatoms. The molecule has 3 nitrogen and oxygen atoms in total. The molecule has 2 atom stereocenters. The SMILES string of the molecule is COc1ccc(C)cc1C1CCC(CO)CN1. The van der Waals surface area contributed by atoms with Crippen LogP contribution in [0.1, 0.15) is 30.0 Å². The van der Waals surface area contributed by atoms with Crippen molar-refractivity contribution in [1.29, 1.82) is 0 Å². The second-order valence-corrected chi connectivity index (χ2v) is 4.83. The van der Waals surface area contributed by atoms with Crippen molar-refractivity contribution in [2.45, 2.75) is 25.8 Å². The van der Waals surface area contributed by atoms with Gasteiger partial charge in [-0.25, -0.2) is 0 Å². The van der Waals surface area contributed by atoms with Crippen LogP contribution in [0.4, 0.5) is 0 Å². The first kappa shape index (κ1) is 12.4. The van der Waals surface area contributed by atoms with Crippen molar-refractivity contribution < 1.29 is 9.84 Å². The predicted molar refractivity (Wildman–Crippen MR) is 68.3 cm³/mol. The van der Waals surface area contributed by atoms with Gasteiger partial charge in [-0.1, -0.05) is 17.7 Å². The number of piperidine rings is 1. The standard InChI is InChI=1S/C14H21NO2/c1-10-3-6-14(17-2)12(7-10)13-5-4-11(9-16)8-15-13/h3,6-7,11,13,15-16H,4-5,8-9H2,1-2H3. The van der Waals surface area contributed by atoms with Crippen LogP contribution in [0.2, 0.25) is 0 Å². The zero-order valence-corrected chi connectivity index (χ0v) is 10.6. The quantitative estimate of drug-likeness (QED) is 0.842. The summed E-state index contributed by atoms with van der Waals surface area (Å²) < 4.78 is 5.42. The fraction of sp³-hybridized carbons (Fsp3) is 0.571. The second-order valence-electron chi connectivity index (χ2n) is 4.83. The topological polar surface area (TPSA) is 41.5 Å². The van der Waals surface area contributed by atoms with Crippen LogP contribution >= 0.6 is 0 Å². The number of hydrogen-bond acceptors (Lipinski definition) is 3. The van der Waals surface area contributed by atoms with Gasteiger partial charge in [0.15, 0.2) is 0 Å². The van der Waals surface area contributed by atoms with Crippen molar-refractivity contribution in [2.75, 3.05) is 20.3 Å². The fourth-order valence-electron chi connectivity index (χ4n) is 2.46. The van der Waals surface area contributed by atoms with E-state index in [2.05, 4.69) is 24.4 Å². The Kier molecular flexibility index (Phi) is 4.02. The molecule has 0 aliphatic carbocycles. The van der Waals surface area contributed by atoms with Crippen molar-refractivity contribution in [3.05, 3.63) is 29.3 Å². The summed E-state index contributed by atoms with van der Waals surface area (Å²) >= 11 is 0. The van der Waals surface area contributed by atoms with Crippen LogP contribution < -0.4 is 10.1 Å². The molecule has 94 valence electrons. The number of ether oxygens (including phenoxy) is 1. The average Bonchev–Trinajstić information content (AvgIpc) is 2.39. The lowest BCUT2D eigenvalue weighted by molar-refractivity contribution is 0.183. The third-order valence-corrected chi connectivity index (χ3v) is 3.54. The highest BCUT2D eigenvalue weighted by molar-refractivity contribution is 5.39. The summed E-state index contributed by atoms with van der Waals surface area (Å²) in [5, 5.41) is 12.6. The van der Waals surface area contributed by atoms with E-state index in [1.165, 1.54) is 11.1 Å². The lowest BCUT2D eigenvalue weighted by atomic mass is 9.90. The van der Waals surface area contributed by atoms with E-state index in [1.807, 2.05) is 6.07 Å². The molecule has 0 spiro atoms. The summed E-state index contributed by atoms with van der Waals surface area (Å²) in [5.41, 5.74) is 2.50. The van der Waals surface area contributed by atoms with Crippen LogP contribution in [0.3, 0.4) is 0 Å². The molecule has 1 aliphatic heterocycles. The molecule has 1 saturated heterocycles. The maximum absolute atomic E-state index is 9.13. The molecular formula is C14H21NO2. The molecule has 1 heterocycles. The van der Waals surface area contributed by atoms with Crippen molar-refractivity contribution in [3.63, 3.8) is 0 Å². The first-order valence-electron chi connectivity index (χ1n) is 6.23. The average molecular weight is 235 g/mol. The number of aliphatic hydroxyl groups excluding tert-OH is 1. The molecule has 1 fully saturated rings. The van der Waals surface area contributed by atoms with Gasteiger partial charge in [-0.2, -0.15) is 0 Å². The van der Waals surface area contributed by atoms with E-state index in [0.717, 1.165) is 25.1 Å². The maximum atomic E-state index is 9.13. The van der Waals surface area contributed by atoms with E-state index >= 15 is 0 Å². The summed E-state index contributed by atoms with van der Waals surface area (Å²) in [7, 11) is 1.72. The molecule has 2 N–H and O–H groups in total. The van der Waals surface area contributed by atoms with Gasteiger partial charge in [0, 0.05) is 24.8 Å². The second kappa shape index (κ2) is 5.52. The Labute approximate surface area is 103 Å². The van der Waals surface area contributed by atoms with Crippen LogP contribution in [0, 0.1) is 12.8 Å². The van der Waals surface area contributed by atoms with E-state index in [9.17, 15) is 0 Å². The van der Waals surface area contributed by atoms with Gasteiger partial charge in [-0.3, -0.25) is 0 Å². The van der Waals surface area contributed by atoms with E-state index in [4.69, 9.17) is 9.84 Å². The number of rotatable bonds is 3. The minimum atomic E-state index is 0.282. The number of aryl methyl sites for hydroxylation is 1.